The molecular weight excluding hydrogens is 492 g/mol. The normalized spacial score (nSPS) is 12.1. The van der Waals surface area contributed by atoms with Gasteiger partial charge in [-0.05, 0) is 50.9 Å². The van der Waals surface area contributed by atoms with Gasteiger partial charge in [-0.25, -0.2) is 0 Å². The topological polar surface area (TPSA) is 78.9 Å². The fraction of sp³-hybridized carbons (Fsp3) is 0.909. The Hall–Kier alpha value is -1.59. The van der Waals surface area contributed by atoms with Crippen LogP contribution in [-0.2, 0) is 28.6 Å². The van der Waals surface area contributed by atoms with Gasteiger partial charge >= 0.3 is 17.9 Å². The lowest BCUT2D eigenvalue weighted by atomic mass is 10.00. The molecule has 0 aliphatic carbocycles. The molecule has 0 aromatic carbocycles. The van der Waals surface area contributed by atoms with Crippen LogP contribution in [0.2, 0.25) is 0 Å². The molecule has 1 atom stereocenters. The van der Waals surface area contributed by atoms with Crippen LogP contribution in [0.25, 0.3) is 0 Å². The van der Waals surface area contributed by atoms with Crippen molar-refractivity contribution in [3.05, 3.63) is 0 Å². The quantitative estimate of drug-likeness (QED) is 0.0572. The summed E-state index contributed by atoms with van der Waals surface area (Å²) >= 11 is 0. The van der Waals surface area contributed by atoms with Gasteiger partial charge in [-0.3, -0.25) is 14.4 Å². The van der Waals surface area contributed by atoms with Crippen LogP contribution in [0.5, 0.6) is 0 Å². The molecule has 6 nitrogen and oxygen atoms in total. The predicted molar refractivity (Wildman–Crippen MR) is 159 cm³/mol. The van der Waals surface area contributed by atoms with Crippen molar-refractivity contribution in [1.82, 2.24) is 0 Å². The third-order valence-electron chi connectivity index (χ3n) is 7.08. The van der Waals surface area contributed by atoms with Crippen LogP contribution in [0, 0.1) is 11.8 Å². The Bertz CT molecular complexity index is 577. The summed E-state index contributed by atoms with van der Waals surface area (Å²) < 4.78 is 16.9. The number of unbranched alkanes of at least 4 members (excludes halogenated alkanes) is 10. The van der Waals surface area contributed by atoms with Crippen LogP contribution in [0.1, 0.15) is 163 Å². The van der Waals surface area contributed by atoms with E-state index in [0.29, 0.717) is 25.2 Å². The van der Waals surface area contributed by atoms with E-state index < -0.39 is 0 Å². The molecule has 0 aliphatic heterocycles. The lowest BCUT2D eigenvalue weighted by molar-refractivity contribution is -0.150. The van der Waals surface area contributed by atoms with Crippen molar-refractivity contribution < 1.29 is 28.6 Å². The van der Waals surface area contributed by atoms with Crippen LogP contribution in [-0.4, -0.2) is 37.2 Å². The molecule has 0 saturated carbocycles. The van der Waals surface area contributed by atoms with Gasteiger partial charge in [-0.2, -0.15) is 0 Å². The maximum atomic E-state index is 12.6. The van der Waals surface area contributed by atoms with Gasteiger partial charge in [0.25, 0.3) is 0 Å². The summed E-state index contributed by atoms with van der Waals surface area (Å²) in [7, 11) is 0. The zero-order chi connectivity index (χ0) is 29.1. The van der Waals surface area contributed by atoms with Gasteiger partial charge in [-0.15, -0.1) is 0 Å². The number of carbonyl (C=O) groups excluding carboxylic acids is 3. The molecule has 0 fully saturated rings. The minimum atomic E-state index is -0.187. The molecule has 0 aliphatic rings. The molecule has 0 bridgehead atoms. The number of esters is 3. The van der Waals surface area contributed by atoms with Crippen molar-refractivity contribution >= 4 is 17.9 Å². The van der Waals surface area contributed by atoms with Gasteiger partial charge < -0.3 is 14.2 Å². The van der Waals surface area contributed by atoms with Crippen LogP contribution < -0.4 is 0 Å². The first-order valence-electron chi connectivity index (χ1n) is 16.3. The molecule has 0 spiro atoms. The zero-order valence-corrected chi connectivity index (χ0v) is 26.2. The highest BCUT2D eigenvalue weighted by atomic mass is 16.5. The number of ether oxygens (including phenoxy) is 3. The van der Waals surface area contributed by atoms with E-state index in [2.05, 4.69) is 34.6 Å². The standard InChI is InChI=1S/C33H62O6/c1-6-9-12-13-14-17-21-30(25-28(4)5)39-33(36)24-19-18-20-29(26-37-31(34)22-15-10-7-2)27-38-32(35)23-16-11-8-3/h28-30H,6-27H2,1-5H3. The molecule has 1 unspecified atom stereocenters. The first-order valence-corrected chi connectivity index (χ1v) is 16.3. The van der Waals surface area contributed by atoms with E-state index >= 15 is 0 Å². The van der Waals surface area contributed by atoms with E-state index in [4.69, 9.17) is 14.2 Å². The maximum absolute atomic E-state index is 12.6. The SMILES string of the molecule is CCCCCCCCC(CC(C)C)OC(=O)CCCCC(COC(=O)CCCCC)COC(=O)CCCCC. The molecule has 0 rings (SSSR count). The smallest absolute Gasteiger partial charge is 0.306 e. The molecule has 0 radical (unpaired) electrons. The van der Waals surface area contributed by atoms with Crippen molar-refractivity contribution in [2.75, 3.05) is 13.2 Å². The van der Waals surface area contributed by atoms with Crippen LogP contribution >= 0.6 is 0 Å². The Balaban J connectivity index is 4.53. The van der Waals surface area contributed by atoms with Gasteiger partial charge in [0.05, 0.1) is 13.2 Å². The molecule has 0 saturated heterocycles. The van der Waals surface area contributed by atoms with Gasteiger partial charge in [0, 0.05) is 25.2 Å². The highest BCUT2D eigenvalue weighted by molar-refractivity contribution is 5.70. The zero-order valence-electron chi connectivity index (χ0n) is 26.2. The highest BCUT2D eigenvalue weighted by Gasteiger charge is 2.18. The van der Waals surface area contributed by atoms with Crippen molar-refractivity contribution in [2.45, 2.75) is 169 Å². The Kier molecular flexibility index (Phi) is 25.5. The summed E-state index contributed by atoms with van der Waals surface area (Å²) in [6.45, 7) is 11.3. The Morgan fingerprint density at radius 2 is 0.974 bits per heavy atom. The van der Waals surface area contributed by atoms with Crippen LogP contribution in [0.4, 0.5) is 0 Å². The van der Waals surface area contributed by atoms with Gasteiger partial charge in [0.15, 0.2) is 0 Å². The second-order valence-electron chi connectivity index (χ2n) is 11.7. The molecule has 0 N–H and O–H groups in total. The van der Waals surface area contributed by atoms with Crippen LogP contribution in [0.15, 0.2) is 0 Å². The number of hydrogen-bond acceptors (Lipinski definition) is 6. The third-order valence-corrected chi connectivity index (χ3v) is 7.08. The van der Waals surface area contributed by atoms with E-state index in [1.165, 1.54) is 32.1 Å². The number of rotatable bonds is 27. The fourth-order valence-corrected chi connectivity index (χ4v) is 4.67. The summed E-state index contributed by atoms with van der Waals surface area (Å²) in [5.41, 5.74) is 0. The summed E-state index contributed by atoms with van der Waals surface area (Å²) in [5, 5.41) is 0. The van der Waals surface area contributed by atoms with E-state index in [9.17, 15) is 14.4 Å². The Labute approximate surface area is 240 Å². The minimum absolute atomic E-state index is 0.00987. The van der Waals surface area contributed by atoms with Crippen molar-refractivity contribution in [3.63, 3.8) is 0 Å². The fourth-order valence-electron chi connectivity index (χ4n) is 4.67. The lowest BCUT2D eigenvalue weighted by Crippen LogP contribution is -2.22. The minimum Gasteiger partial charge on any atom is -0.465 e. The van der Waals surface area contributed by atoms with Crippen molar-refractivity contribution in [1.29, 1.82) is 0 Å². The summed E-state index contributed by atoms with van der Waals surface area (Å²) in [6, 6.07) is 0. The van der Waals surface area contributed by atoms with Gasteiger partial charge in [0.1, 0.15) is 6.10 Å². The second kappa shape index (κ2) is 26.6. The monoisotopic (exact) mass is 554 g/mol. The Morgan fingerprint density at radius 1 is 0.538 bits per heavy atom. The Morgan fingerprint density at radius 3 is 1.51 bits per heavy atom. The molecule has 230 valence electrons. The van der Waals surface area contributed by atoms with E-state index in [-0.39, 0.29) is 43.1 Å². The van der Waals surface area contributed by atoms with Crippen LogP contribution in [0.3, 0.4) is 0 Å². The average molecular weight is 555 g/mol. The molecule has 0 aromatic heterocycles. The molecular formula is C33H62O6. The largest absolute Gasteiger partial charge is 0.465 e. The lowest BCUT2D eigenvalue weighted by Gasteiger charge is -2.20. The average Bonchev–Trinajstić information content (AvgIpc) is 2.89. The van der Waals surface area contributed by atoms with Gasteiger partial charge in [-0.1, -0.05) is 98.8 Å². The summed E-state index contributed by atoms with van der Waals surface area (Å²) in [6.07, 6.45) is 18.6. The second-order valence-corrected chi connectivity index (χ2v) is 11.7. The van der Waals surface area contributed by atoms with Crippen molar-refractivity contribution in [3.8, 4) is 0 Å². The predicted octanol–water partition coefficient (Wildman–Crippen LogP) is 9.12. The van der Waals surface area contributed by atoms with E-state index in [1.807, 2.05) is 0 Å². The first kappa shape index (κ1) is 37.4. The highest BCUT2D eigenvalue weighted by Crippen LogP contribution is 2.19. The maximum Gasteiger partial charge on any atom is 0.306 e. The summed E-state index contributed by atoms with van der Waals surface area (Å²) in [4.78, 5) is 36.7. The van der Waals surface area contributed by atoms with E-state index in [1.54, 1.807) is 0 Å². The van der Waals surface area contributed by atoms with E-state index in [0.717, 1.165) is 77.0 Å². The van der Waals surface area contributed by atoms with Crippen molar-refractivity contribution in [2.24, 2.45) is 11.8 Å². The third kappa shape index (κ3) is 25.1. The molecule has 6 heteroatoms. The number of carbonyl (C=O) groups is 3. The molecule has 0 aromatic rings. The van der Waals surface area contributed by atoms with Gasteiger partial charge in [0.2, 0.25) is 0 Å². The molecule has 0 heterocycles. The molecule has 0 amide bonds. The first-order chi connectivity index (χ1) is 18.8. The summed E-state index contributed by atoms with van der Waals surface area (Å²) in [5.74, 6) is -0.0423. The molecule has 39 heavy (non-hydrogen) atoms. The number of hydrogen-bond donors (Lipinski definition) is 0.